The first-order chi connectivity index (χ1) is 8.19. The second-order valence-electron chi connectivity index (χ2n) is 5.06. The van der Waals surface area contributed by atoms with Gasteiger partial charge in [-0.2, -0.15) is 5.10 Å². The summed E-state index contributed by atoms with van der Waals surface area (Å²) >= 11 is 0. The first-order valence-corrected chi connectivity index (χ1v) is 6.61. The summed E-state index contributed by atoms with van der Waals surface area (Å²) in [6.45, 7) is 5.50. The fourth-order valence-corrected chi connectivity index (χ4v) is 2.55. The molecule has 2 unspecified atom stereocenters. The molecule has 1 aliphatic heterocycles. The Hall–Kier alpha value is -1.09. The van der Waals surface area contributed by atoms with Crippen molar-refractivity contribution in [3.8, 4) is 0 Å². The Morgan fingerprint density at radius 1 is 1.59 bits per heavy atom. The van der Waals surface area contributed by atoms with Crippen LogP contribution in [0.1, 0.15) is 37.4 Å². The van der Waals surface area contributed by atoms with Crippen LogP contribution < -0.4 is 5.32 Å². The van der Waals surface area contributed by atoms with Gasteiger partial charge in [0.2, 0.25) is 0 Å². The minimum atomic E-state index is 0.535. The molecule has 0 amide bonds. The Bertz CT molecular complexity index is 392. The summed E-state index contributed by atoms with van der Waals surface area (Å²) in [5, 5.41) is 7.92. The van der Waals surface area contributed by atoms with Crippen molar-refractivity contribution in [3.63, 3.8) is 0 Å². The third-order valence-corrected chi connectivity index (χ3v) is 3.68. The maximum atomic E-state index is 4.35. The van der Waals surface area contributed by atoms with E-state index < -0.39 is 0 Å². The van der Waals surface area contributed by atoms with Gasteiger partial charge in [-0.3, -0.25) is 4.68 Å². The van der Waals surface area contributed by atoms with Crippen LogP contribution in [0.2, 0.25) is 0 Å². The summed E-state index contributed by atoms with van der Waals surface area (Å²) in [7, 11) is 1.97. The quantitative estimate of drug-likeness (QED) is 0.869. The predicted octanol–water partition coefficient (Wildman–Crippen LogP) is 2.52. The molecule has 2 atom stereocenters. The highest BCUT2D eigenvalue weighted by molar-refractivity contribution is 5.51. The fourth-order valence-electron chi connectivity index (χ4n) is 2.55. The lowest BCUT2D eigenvalue weighted by Crippen LogP contribution is -2.36. The van der Waals surface area contributed by atoms with Gasteiger partial charge in [-0.05, 0) is 32.2 Å². The molecule has 0 aliphatic carbocycles. The molecular weight excluding hydrogens is 210 g/mol. The number of nitrogens with one attached hydrogen (secondary N) is 1. The summed E-state index contributed by atoms with van der Waals surface area (Å²) in [5.74, 6) is 0.890. The zero-order valence-electron chi connectivity index (χ0n) is 11.1. The van der Waals surface area contributed by atoms with E-state index in [4.69, 9.17) is 0 Å². The van der Waals surface area contributed by atoms with Crippen LogP contribution in [0.25, 0.3) is 6.08 Å². The largest absolute Gasteiger partial charge is 0.310 e. The van der Waals surface area contributed by atoms with E-state index in [-0.39, 0.29) is 0 Å². The van der Waals surface area contributed by atoms with Crippen LogP contribution in [0.15, 0.2) is 12.3 Å². The van der Waals surface area contributed by atoms with Crippen molar-refractivity contribution in [2.75, 3.05) is 6.54 Å². The summed E-state index contributed by atoms with van der Waals surface area (Å²) < 4.78 is 1.87. The molecule has 0 aromatic carbocycles. The molecule has 3 nitrogen and oxygen atoms in total. The van der Waals surface area contributed by atoms with Crippen LogP contribution in [-0.2, 0) is 7.05 Å². The van der Waals surface area contributed by atoms with Crippen LogP contribution in [0.3, 0.4) is 0 Å². The maximum Gasteiger partial charge on any atom is 0.0665 e. The molecule has 1 saturated heterocycles. The molecular formula is C14H23N3. The Kier molecular flexibility index (Phi) is 4.00. The van der Waals surface area contributed by atoms with Gasteiger partial charge in [0.15, 0.2) is 0 Å². The molecule has 1 aliphatic rings. The molecule has 3 heteroatoms. The van der Waals surface area contributed by atoms with E-state index in [0.29, 0.717) is 6.04 Å². The zero-order valence-corrected chi connectivity index (χ0v) is 11.1. The second kappa shape index (κ2) is 5.50. The lowest BCUT2D eigenvalue weighted by molar-refractivity contribution is 0.326. The van der Waals surface area contributed by atoms with E-state index in [1.54, 1.807) is 0 Å². The highest BCUT2D eigenvalue weighted by Gasteiger charge is 2.17. The van der Waals surface area contributed by atoms with Crippen LogP contribution in [-0.4, -0.2) is 22.4 Å². The van der Waals surface area contributed by atoms with Gasteiger partial charge in [0.1, 0.15) is 0 Å². The van der Waals surface area contributed by atoms with Gasteiger partial charge in [0.25, 0.3) is 0 Å². The van der Waals surface area contributed by atoms with E-state index in [1.165, 1.54) is 24.8 Å². The Balaban J connectivity index is 1.98. The third kappa shape index (κ3) is 3.19. The van der Waals surface area contributed by atoms with E-state index >= 15 is 0 Å². The van der Waals surface area contributed by atoms with Gasteiger partial charge in [0.05, 0.1) is 5.69 Å². The number of hydrogen-bond donors (Lipinski definition) is 1. The van der Waals surface area contributed by atoms with Gasteiger partial charge in [0, 0.05) is 24.8 Å². The maximum absolute atomic E-state index is 4.35. The number of rotatable bonds is 3. The van der Waals surface area contributed by atoms with E-state index in [0.717, 1.165) is 18.2 Å². The van der Waals surface area contributed by atoms with Crippen molar-refractivity contribution in [1.82, 2.24) is 15.1 Å². The van der Waals surface area contributed by atoms with Crippen LogP contribution >= 0.6 is 0 Å². The molecule has 0 radical (unpaired) electrons. The molecule has 94 valence electrons. The summed E-state index contributed by atoms with van der Waals surface area (Å²) in [5.41, 5.74) is 2.33. The van der Waals surface area contributed by atoms with E-state index in [1.807, 2.05) is 11.7 Å². The monoisotopic (exact) mass is 233 g/mol. The van der Waals surface area contributed by atoms with Gasteiger partial charge >= 0.3 is 0 Å². The molecule has 0 saturated carbocycles. The Labute approximate surface area is 104 Å². The number of hydrogen-bond acceptors (Lipinski definition) is 2. The van der Waals surface area contributed by atoms with Crippen LogP contribution in [0, 0.1) is 12.8 Å². The van der Waals surface area contributed by atoms with Crippen molar-refractivity contribution < 1.29 is 0 Å². The number of aromatic nitrogens is 2. The molecule has 17 heavy (non-hydrogen) atoms. The zero-order chi connectivity index (χ0) is 12.3. The van der Waals surface area contributed by atoms with Crippen molar-refractivity contribution in [2.45, 2.75) is 39.2 Å². The van der Waals surface area contributed by atoms with Crippen molar-refractivity contribution in [2.24, 2.45) is 13.0 Å². The lowest BCUT2D eigenvalue weighted by Gasteiger charge is -2.27. The molecule has 1 N–H and O–H groups in total. The van der Waals surface area contributed by atoms with Gasteiger partial charge in [-0.15, -0.1) is 0 Å². The molecule has 2 heterocycles. The van der Waals surface area contributed by atoms with Gasteiger partial charge < -0.3 is 5.32 Å². The average molecular weight is 233 g/mol. The first kappa shape index (κ1) is 12.4. The van der Waals surface area contributed by atoms with E-state index in [2.05, 4.69) is 42.6 Å². The standard InChI is InChI=1S/C14H23N3/c1-4-12-7-8-15-14(9-12)6-5-13-10-17(3)16-11(13)2/h5-6,10,12,14-15H,4,7-9H2,1-3H3/b6-5+. The van der Waals surface area contributed by atoms with Crippen molar-refractivity contribution in [1.29, 1.82) is 0 Å². The lowest BCUT2D eigenvalue weighted by atomic mass is 9.90. The molecule has 0 spiro atoms. The van der Waals surface area contributed by atoms with E-state index in [9.17, 15) is 0 Å². The fraction of sp³-hybridized carbons (Fsp3) is 0.643. The van der Waals surface area contributed by atoms with Crippen LogP contribution in [0.4, 0.5) is 0 Å². The second-order valence-corrected chi connectivity index (χ2v) is 5.06. The number of nitrogens with zero attached hydrogens (tertiary/aromatic N) is 2. The Morgan fingerprint density at radius 3 is 3.06 bits per heavy atom. The van der Waals surface area contributed by atoms with Gasteiger partial charge in [-0.1, -0.05) is 25.5 Å². The minimum Gasteiger partial charge on any atom is -0.310 e. The molecule has 1 fully saturated rings. The normalized spacial score (nSPS) is 25.6. The summed E-state index contributed by atoms with van der Waals surface area (Å²) in [4.78, 5) is 0. The minimum absolute atomic E-state index is 0.535. The molecule has 1 aromatic rings. The highest BCUT2D eigenvalue weighted by Crippen LogP contribution is 2.20. The highest BCUT2D eigenvalue weighted by atomic mass is 15.2. The molecule has 1 aromatic heterocycles. The first-order valence-electron chi connectivity index (χ1n) is 6.61. The predicted molar refractivity (Wildman–Crippen MR) is 71.8 cm³/mol. The smallest absolute Gasteiger partial charge is 0.0665 e. The van der Waals surface area contributed by atoms with Gasteiger partial charge in [-0.25, -0.2) is 0 Å². The molecule has 2 rings (SSSR count). The molecule has 0 bridgehead atoms. The summed E-state index contributed by atoms with van der Waals surface area (Å²) in [6, 6.07) is 0.535. The summed E-state index contributed by atoms with van der Waals surface area (Å²) in [6.07, 6.45) is 10.5. The number of aryl methyl sites for hydroxylation is 2. The van der Waals surface area contributed by atoms with Crippen molar-refractivity contribution in [3.05, 3.63) is 23.5 Å². The van der Waals surface area contributed by atoms with Crippen molar-refractivity contribution >= 4 is 6.08 Å². The topological polar surface area (TPSA) is 29.9 Å². The van der Waals surface area contributed by atoms with Crippen LogP contribution in [0.5, 0.6) is 0 Å². The third-order valence-electron chi connectivity index (χ3n) is 3.68. The Morgan fingerprint density at radius 2 is 2.41 bits per heavy atom. The average Bonchev–Trinajstić information content (AvgIpc) is 2.65. The SMILES string of the molecule is CCC1CCNC(/C=C/c2cn(C)nc2C)C1. The number of piperidine rings is 1.